The smallest absolute Gasteiger partial charge is 0.337 e. The second kappa shape index (κ2) is 8.67. The van der Waals surface area contributed by atoms with Crippen molar-refractivity contribution in [1.82, 2.24) is 15.2 Å². The standard InChI is InChI=1S/C19H19N5O4/c1-26-14-8-9-15(16(10-14)27-2)22-17-11-20-24-19(23-17)21-13-6-4-12(5-7-13)18(25)28-3/h4-11H,1-3H3,(H2,21,22,23,24). The lowest BCUT2D eigenvalue weighted by Gasteiger charge is -2.12. The van der Waals surface area contributed by atoms with Crippen LogP contribution in [0.1, 0.15) is 10.4 Å². The van der Waals surface area contributed by atoms with Gasteiger partial charge in [0, 0.05) is 11.8 Å². The molecule has 0 radical (unpaired) electrons. The molecule has 28 heavy (non-hydrogen) atoms. The SMILES string of the molecule is COC(=O)c1ccc(Nc2nncc(Nc3ccc(OC)cc3OC)n2)cc1. The van der Waals surface area contributed by atoms with Crippen LogP contribution in [0.2, 0.25) is 0 Å². The summed E-state index contributed by atoms with van der Waals surface area (Å²) in [6.45, 7) is 0. The maximum absolute atomic E-state index is 11.5. The fourth-order valence-electron chi connectivity index (χ4n) is 2.39. The normalized spacial score (nSPS) is 10.1. The zero-order valence-electron chi connectivity index (χ0n) is 15.6. The molecule has 9 nitrogen and oxygen atoms in total. The average Bonchev–Trinajstić information content (AvgIpc) is 2.74. The Hall–Kier alpha value is -3.88. The molecule has 0 unspecified atom stereocenters. The monoisotopic (exact) mass is 381 g/mol. The van der Waals surface area contributed by atoms with Crippen LogP contribution in [-0.4, -0.2) is 42.5 Å². The molecular formula is C19H19N5O4. The number of esters is 1. The summed E-state index contributed by atoms with van der Waals surface area (Å²) < 4.78 is 15.2. The van der Waals surface area contributed by atoms with Crippen LogP contribution >= 0.6 is 0 Å². The minimum atomic E-state index is -0.399. The van der Waals surface area contributed by atoms with Crippen molar-refractivity contribution in [1.29, 1.82) is 0 Å². The van der Waals surface area contributed by atoms with E-state index in [2.05, 4.69) is 30.6 Å². The van der Waals surface area contributed by atoms with Crippen molar-refractivity contribution in [3.05, 3.63) is 54.2 Å². The van der Waals surface area contributed by atoms with Crippen LogP contribution < -0.4 is 20.1 Å². The number of nitrogens with one attached hydrogen (secondary N) is 2. The van der Waals surface area contributed by atoms with E-state index in [4.69, 9.17) is 9.47 Å². The van der Waals surface area contributed by atoms with Crippen molar-refractivity contribution < 1.29 is 19.0 Å². The quantitative estimate of drug-likeness (QED) is 0.597. The maximum atomic E-state index is 11.5. The molecule has 0 amide bonds. The molecule has 0 spiro atoms. The third kappa shape index (κ3) is 4.44. The molecule has 0 fully saturated rings. The Bertz CT molecular complexity index is 963. The van der Waals surface area contributed by atoms with E-state index in [9.17, 15) is 4.79 Å². The molecule has 3 aromatic rings. The number of benzene rings is 2. The van der Waals surface area contributed by atoms with E-state index in [0.717, 1.165) is 0 Å². The third-order valence-corrected chi connectivity index (χ3v) is 3.79. The van der Waals surface area contributed by atoms with Crippen LogP contribution in [0.4, 0.5) is 23.1 Å². The first kappa shape index (κ1) is 18.9. The number of methoxy groups -OCH3 is 3. The minimum absolute atomic E-state index is 0.295. The molecule has 0 saturated carbocycles. The van der Waals surface area contributed by atoms with E-state index in [-0.39, 0.29) is 0 Å². The first-order valence-electron chi connectivity index (χ1n) is 8.27. The fourth-order valence-corrected chi connectivity index (χ4v) is 2.39. The van der Waals surface area contributed by atoms with Gasteiger partial charge in [0.05, 0.1) is 38.8 Å². The predicted molar refractivity (Wildman–Crippen MR) is 104 cm³/mol. The molecule has 0 atom stereocenters. The Morgan fingerprint density at radius 2 is 1.75 bits per heavy atom. The lowest BCUT2D eigenvalue weighted by Crippen LogP contribution is -2.04. The molecule has 2 N–H and O–H groups in total. The van der Waals surface area contributed by atoms with Crippen LogP contribution in [0.3, 0.4) is 0 Å². The van der Waals surface area contributed by atoms with Gasteiger partial charge in [-0.15, -0.1) is 5.10 Å². The zero-order chi connectivity index (χ0) is 19.9. The highest BCUT2D eigenvalue weighted by Gasteiger charge is 2.09. The van der Waals surface area contributed by atoms with Crippen molar-refractivity contribution in [3.63, 3.8) is 0 Å². The number of carbonyl (C=O) groups is 1. The van der Waals surface area contributed by atoms with Gasteiger partial charge in [0.15, 0.2) is 5.82 Å². The van der Waals surface area contributed by atoms with Crippen LogP contribution in [0.5, 0.6) is 11.5 Å². The maximum Gasteiger partial charge on any atom is 0.337 e. The van der Waals surface area contributed by atoms with Gasteiger partial charge in [-0.1, -0.05) is 0 Å². The van der Waals surface area contributed by atoms with E-state index >= 15 is 0 Å². The largest absolute Gasteiger partial charge is 0.497 e. The Labute approximate surface area is 161 Å². The van der Waals surface area contributed by atoms with E-state index in [1.807, 2.05) is 12.1 Å². The van der Waals surface area contributed by atoms with Gasteiger partial charge in [-0.3, -0.25) is 0 Å². The van der Waals surface area contributed by atoms with Gasteiger partial charge in [-0.05, 0) is 36.4 Å². The average molecular weight is 381 g/mol. The fraction of sp³-hybridized carbons (Fsp3) is 0.158. The molecule has 2 aromatic carbocycles. The number of anilines is 4. The molecule has 1 heterocycles. The van der Waals surface area contributed by atoms with Crippen molar-refractivity contribution in [2.75, 3.05) is 32.0 Å². The Kier molecular flexibility index (Phi) is 5.85. The molecular weight excluding hydrogens is 362 g/mol. The van der Waals surface area contributed by atoms with Crippen molar-refractivity contribution in [2.24, 2.45) is 0 Å². The van der Waals surface area contributed by atoms with Crippen LogP contribution in [-0.2, 0) is 4.74 Å². The summed E-state index contributed by atoms with van der Waals surface area (Å²) in [6.07, 6.45) is 1.50. The van der Waals surface area contributed by atoms with Crippen LogP contribution in [0.25, 0.3) is 0 Å². The summed E-state index contributed by atoms with van der Waals surface area (Å²) in [5.74, 6) is 1.66. The van der Waals surface area contributed by atoms with Gasteiger partial charge >= 0.3 is 5.97 Å². The van der Waals surface area contributed by atoms with Gasteiger partial charge in [0.1, 0.15) is 11.5 Å². The first-order chi connectivity index (χ1) is 13.6. The van der Waals surface area contributed by atoms with Crippen LogP contribution in [0, 0.1) is 0 Å². The number of nitrogens with zero attached hydrogens (tertiary/aromatic N) is 3. The molecule has 0 aliphatic heterocycles. The number of hydrogen-bond donors (Lipinski definition) is 2. The van der Waals surface area contributed by atoms with Crippen molar-refractivity contribution >= 4 is 29.1 Å². The van der Waals surface area contributed by atoms with E-state index in [0.29, 0.717) is 40.2 Å². The number of carbonyl (C=O) groups excluding carboxylic acids is 1. The molecule has 0 bridgehead atoms. The van der Waals surface area contributed by atoms with Crippen molar-refractivity contribution in [2.45, 2.75) is 0 Å². The van der Waals surface area contributed by atoms with Gasteiger partial charge in [0.2, 0.25) is 5.95 Å². The molecule has 144 valence electrons. The summed E-state index contributed by atoms with van der Waals surface area (Å²) in [6, 6.07) is 12.1. The van der Waals surface area contributed by atoms with Crippen molar-refractivity contribution in [3.8, 4) is 11.5 Å². The molecule has 0 aliphatic rings. The highest BCUT2D eigenvalue weighted by Crippen LogP contribution is 2.31. The molecule has 0 aliphatic carbocycles. The van der Waals surface area contributed by atoms with Gasteiger partial charge in [-0.25, -0.2) is 4.79 Å². The highest BCUT2D eigenvalue weighted by molar-refractivity contribution is 5.89. The summed E-state index contributed by atoms with van der Waals surface area (Å²) in [5, 5.41) is 14.1. The predicted octanol–water partition coefficient (Wildman–Crippen LogP) is 3.16. The second-order valence-electron chi connectivity index (χ2n) is 5.55. The van der Waals surface area contributed by atoms with Gasteiger partial charge < -0.3 is 24.8 Å². The summed E-state index contributed by atoms with van der Waals surface area (Å²) in [4.78, 5) is 15.9. The molecule has 9 heteroatoms. The summed E-state index contributed by atoms with van der Waals surface area (Å²) in [7, 11) is 4.50. The summed E-state index contributed by atoms with van der Waals surface area (Å²) >= 11 is 0. The number of hydrogen-bond acceptors (Lipinski definition) is 9. The van der Waals surface area contributed by atoms with Gasteiger partial charge in [0.25, 0.3) is 0 Å². The minimum Gasteiger partial charge on any atom is -0.497 e. The zero-order valence-corrected chi connectivity index (χ0v) is 15.6. The Morgan fingerprint density at radius 3 is 2.43 bits per heavy atom. The molecule has 1 aromatic heterocycles. The first-order valence-corrected chi connectivity index (χ1v) is 8.27. The molecule has 3 rings (SSSR count). The number of rotatable bonds is 7. The van der Waals surface area contributed by atoms with E-state index in [1.165, 1.54) is 13.3 Å². The van der Waals surface area contributed by atoms with Gasteiger partial charge in [-0.2, -0.15) is 10.1 Å². The molecule has 0 saturated heterocycles. The number of aromatic nitrogens is 3. The Balaban J connectivity index is 1.75. The lowest BCUT2D eigenvalue weighted by molar-refractivity contribution is 0.0601. The van der Waals surface area contributed by atoms with E-state index in [1.54, 1.807) is 44.6 Å². The Morgan fingerprint density at radius 1 is 0.964 bits per heavy atom. The second-order valence-corrected chi connectivity index (χ2v) is 5.55. The van der Waals surface area contributed by atoms with Crippen LogP contribution in [0.15, 0.2) is 48.7 Å². The van der Waals surface area contributed by atoms with E-state index < -0.39 is 5.97 Å². The number of ether oxygens (including phenoxy) is 3. The lowest BCUT2D eigenvalue weighted by atomic mass is 10.2. The third-order valence-electron chi connectivity index (χ3n) is 3.79. The summed E-state index contributed by atoms with van der Waals surface area (Å²) in [5.41, 5.74) is 1.86. The topological polar surface area (TPSA) is 107 Å². The highest BCUT2D eigenvalue weighted by atomic mass is 16.5.